The second-order valence-corrected chi connectivity index (χ2v) is 24.7. The number of rotatable bonds is 11. The van der Waals surface area contributed by atoms with E-state index in [1.807, 2.05) is 44.5 Å². The fourth-order valence-electron chi connectivity index (χ4n) is 7.55. The zero-order chi connectivity index (χ0) is 47.1. The molecule has 9 rings (SSSR count). The monoisotopic (exact) mass is 950 g/mol. The molecule has 10 nitrogen and oxygen atoms in total. The number of benzene rings is 2. The zero-order valence-electron chi connectivity index (χ0n) is 37.5. The lowest BCUT2D eigenvalue weighted by Gasteiger charge is -2.32. The van der Waals surface area contributed by atoms with Gasteiger partial charge in [0.15, 0.2) is 0 Å². The van der Waals surface area contributed by atoms with E-state index in [0.717, 1.165) is 6.04 Å². The van der Waals surface area contributed by atoms with Crippen LogP contribution in [0.4, 0.5) is 13.2 Å². The van der Waals surface area contributed by atoms with Crippen LogP contribution >= 0.6 is 23.2 Å². The summed E-state index contributed by atoms with van der Waals surface area (Å²) in [6.45, 7) is 15.9. The Hall–Kier alpha value is -5.39. The largest absolute Gasteiger partial charge is 0.497 e. The van der Waals surface area contributed by atoms with Gasteiger partial charge in [0.2, 0.25) is 0 Å². The van der Waals surface area contributed by atoms with E-state index < -0.39 is 38.3 Å². The third-order valence-corrected chi connectivity index (χ3v) is 14.5. The predicted molar refractivity (Wildman–Crippen MR) is 258 cm³/mol. The molecule has 2 N–H and O–H groups in total. The Balaban J connectivity index is 0.000000180. The number of nitrogens with one attached hydrogen (secondary N) is 1. The van der Waals surface area contributed by atoms with Crippen molar-refractivity contribution < 1.29 is 32.3 Å². The summed E-state index contributed by atoms with van der Waals surface area (Å²) in [7, 11) is -1.88. The predicted octanol–water partition coefficient (Wildman–Crippen LogP) is 11.8. The SMILES string of the molecule is CC1(C)OB(c2cnc3c(c(-c4ccccc4F)cn3COCC[Si](C)(C)C)c2Cl)OC1(C)C.OC(c1cncc(-c2cnc3[nH]cc(-c4ccccc4F)c3c2Cl)c1)c1ncccc1F. The van der Waals surface area contributed by atoms with E-state index in [2.05, 4.69) is 39.6 Å². The van der Waals surface area contributed by atoms with E-state index in [0.29, 0.717) is 89.9 Å². The molecule has 340 valence electrons. The number of halogens is 5. The van der Waals surface area contributed by atoms with Crippen molar-refractivity contribution in [3.05, 3.63) is 149 Å². The maximum Gasteiger partial charge on any atom is 0.497 e. The number of hydrogen-bond donors (Lipinski definition) is 2. The molecule has 6 aromatic heterocycles. The topological polar surface area (TPSA) is 120 Å². The lowest BCUT2D eigenvalue weighted by atomic mass is 9.79. The molecule has 8 aromatic rings. The number of pyridine rings is 4. The summed E-state index contributed by atoms with van der Waals surface area (Å²) in [5, 5.41) is 12.7. The van der Waals surface area contributed by atoms with Crippen molar-refractivity contribution in [2.24, 2.45) is 0 Å². The average molecular weight is 952 g/mol. The zero-order valence-corrected chi connectivity index (χ0v) is 40.0. The molecule has 1 unspecified atom stereocenters. The number of H-pyrrole nitrogens is 1. The molecule has 1 aliphatic heterocycles. The van der Waals surface area contributed by atoms with Crippen molar-refractivity contribution in [3.63, 3.8) is 0 Å². The molecule has 1 atom stereocenters. The second-order valence-electron chi connectivity index (χ2n) is 18.3. The molecule has 17 heteroatoms. The van der Waals surface area contributed by atoms with E-state index in [1.165, 1.54) is 36.7 Å². The Kier molecular flexibility index (Phi) is 13.4. The lowest BCUT2D eigenvalue weighted by molar-refractivity contribution is 0.00578. The first-order valence-corrected chi connectivity index (χ1v) is 25.8. The smallest absolute Gasteiger partial charge is 0.399 e. The van der Waals surface area contributed by atoms with Crippen LogP contribution in [0.2, 0.25) is 35.7 Å². The fraction of sp³-hybridized carbons (Fsp3) is 0.265. The Morgan fingerprint density at radius 1 is 0.773 bits per heavy atom. The van der Waals surface area contributed by atoms with Crippen molar-refractivity contribution in [2.45, 2.75) is 77.4 Å². The normalized spacial score (nSPS) is 15.0. The minimum absolute atomic E-state index is 0.0985. The van der Waals surface area contributed by atoms with Crippen molar-refractivity contribution in [1.82, 2.24) is 29.5 Å². The van der Waals surface area contributed by atoms with Gasteiger partial charge in [-0.3, -0.25) is 9.97 Å². The van der Waals surface area contributed by atoms with Gasteiger partial charge in [0, 0.05) is 113 Å². The van der Waals surface area contributed by atoms with E-state index in [-0.39, 0.29) is 17.3 Å². The summed E-state index contributed by atoms with van der Waals surface area (Å²) in [5.74, 6) is -1.31. The molecule has 1 fully saturated rings. The van der Waals surface area contributed by atoms with Crippen molar-refractivity contribution in [1.29, 1.82) is 0 Å². The van der Waals surface area contributed by atoms with Gasteiger partial charge in [0.05, 0.1) is 21.2 Å². The van der Waals surface area contributed by atoms with Crippen molar-refractivity contribution in [2.75, 3.05) is 6.61 Å². The summed E-state index contributed by atoms with van der Waals surface area (Å²) < 4.78 is 63.6. The van der Waals surface area contributed by atoms with Crippen LogP contribution in [0.5, 0.6) is 0 Å². The molecule has 2 aromatic carbocycles. The third kappa shape index (κ3) is 9.43. The molecule has 0 saturated carbocycles. The van der Waals surface area contributed by atoms with Crippen molar-refractivity contribution in [3.8, 4) is 33.4 Å². The third-order valence-electron chi connectivity index (χ3n) is 12.0. The van der Waals surface area contributed by atoms with Crippen LogP contribution in [0.25, 0.3) is 55.4 Å². The molecule has 0 bridgehead atoms. The van der Waals surface area contributed by atoms with E-state index in [9.17, 15) is 18.3 Å². The van der Waals surface area contributed by atoms with Gasteiger partial charge in [0.1, 0.15) is 47.3 Å². The van der Waals surface area contributed by atoms with Gasteiger partial charge in [-0.15, -0.1) is 0 Å². The van der Waals surface area contributed by atoms with Crippen LogP contribution in [0.15, 0.2) is 110 Å². The van der Waals surface area contributed by atoms with Gasteiger partial charge >= 0.3 is 7.12 Å². The van der Waals surface area contributed by atoms with Crippen LogP contribution in [0.1, 0.15) is 45.1 Å². The maximum absolute atomic E-state index is 14.8. The Morgan fingerprint density at radius 3 is 2.08 bits per heavy atom. The Bertz CT molecular complexity index is 3060. The molecule has 0 aliphatic carbocycles. The van der Waals surface area contributed by atoms with Gasteiger partial charge in [0.25, 0.3) is 0 Å². The number of hydrogen-bond acceptors (Lipinski definition) is 8. The highest BCUT2D eigenvalue weighted by atomic mass is 35.5. The molecular formula is C49H48BCl2F3N6O4Si. The summed E-state index contributed by atoms with van der Waals surface area (Å²) in [5.41, 5.74) is 4.21. The summed E-state index contributed by atoms with van der Waals surface area (Å²) in [6.07, 6.45) is 9.89. The average Bonchev–Trinajstić information content (AvgIpc) is 3.94. The van der Waals surface area contributed by atoms with Crippen molar-refractivity contribution >= 4 is 65.9 Å². The number of ether oxygens (including phenoxy) is 1. The van der Waals surface area contributed by atoms with Gasteiger partial charge in [-0.2, -0.15) is 0 Å². The minimum Gasteiger partial charge on any atom is -0.399 e. The van der Waals surface area contributed by atoms with Crippen LogP contribution < -0.4 is 5.46 Å². The molecule has 1 aliphatic rings. The number of fused-ring (bicyclic) bond motifs is 2. The summed E-state index contributed by atoms with van der Waals surface area (Å²) >= 11 is 13.7. The molecule has 7 heterocycles. The molecule has 0 spiro atoms. The fourth-order valence-corrected chi connectivity index (χ4v) is 8.98. The van der Waals surface area contributed by atoms with Gasteiger partial charge in [-0.1, -0.05) is 79.2 Å². The van der Waals surface area contributed by atoms with Gasteiger partial charge < -0.3 is 28.7 Å². The standard InChI is InChI=1S/C25H33BClFN2O3Si.C24H15ClF2N4O/c1-24(2)25(3,4)33-26(32-24)19-14-29-23-21(22(19)27)18(17-10-8-9-11-20(17)28)15-30(23)16-31-12-13-34(5,6)7;25-21-16(11-30-24-20(21)17(12-31-24)15-4-1-2-5-18(15)26)13-8-14(10-28-9-13)23(32)22-19(27)6-3-7-29-22/h8-11,14-15H,12-13,16H2,1-7H3;1-12,23,32H,(H,30,31). The number of aromatic amines is 1. The van der Waals surface area contributed by atoms with Gasteiger partial charge in [-0.25, -0.2) is 23.1 Å². The summed E-state index contributed by atoms with van der Waals surface area (Å²) in [6, 6.07) is 18.5. The lowest BCUT2D eigenvalue weighted by Crippen LogP contribution is -2.41. The first-order chi connectivity index (χ1) is 31.3. The molecule has 66 heavy (non-hydrogen) atoms. The highest BCUT2D eigenvalue weighted by molar-refractivity contribution is 6.76. The Labute approximate surface area is 392 Å². The highest BCUT2D eigenvalue weighted by Gasteiger charge is 2.52. The Morgan fingerprint density at radius 2 is 1.42 bits per heavy atom. The first-order valence-electron chi connectivity index (χ1n) is 21.3. The number of aliphatic hydroxyl groups is 1. The van der Waals surface area contributed by atoms with Crippen LogP contribution in [0.3, 0.4) is 0 Å². The second kappa shape index (κ2) is 18.7. The maximum atomic E-state index is 14.8. The molecule has 1 saturated heterocycles. The van der Waals surface area contributed by atoms with Gasteiger partial charge in [-0.05, 0) is 64.1 Å². The van der Waals surface area contributed by atoms with Crippen LogP contribution in [0, 0.1) is 17.5 Å². The van der Waals surface area contributed by atoms with E-state index >= 15 is 0 Å². The number of aliphatic hydroxyl groups excluding tert-OH is 1. The summed E-state index contributed by atoms with van der Waals surface area (Å²) in [4.78, 5) is 20.3. The quantitative estimate of drug-likeness (QED) is 0.0972. The first kappa shape index (κ1) is 47.1. The minimum atomic E-state index is -1.31. The number of nitrogens with zero attached hydrogens (tertiary/aromatic N) is 5. The van der Waals surface area contributed by atoms with E-state index in [4.69, 9.17) is 42.2 Å². The van der Waals surface area contributed by atoms with Crippen LogP contribution in [-0.4, -0.2) is 67.6 Å². The van der Waals surface area contributed by atoms with E-state index in [1.54, 1.807) is 61.2 Å². The molecule has 0 radical (unpaired) electrons. The van der Waals surface area contributed by atoms with Crippen LogP contribution in [-0.2, 0) is 20.8 Å². The molecular weight excluding hydrogens is 903 g/mol. The number of aromatic nitrogens is 6. The molecule has 0 amide bonds. The highest BCUT2D eigenvalue weighted by Crippen LogP contribution is 2.42.